The minimum atomic E-state index is -0.301. The van der Waals surface area contributed by atoms with Crippen LogP contribution in [0, 0.1) is 5.92 Å². The van der Waals surface area contributed by atoms with E-state index < -0.39 is 0 Å². The van der Waals surface area contributed by atoms with Crippen LogP contribution in [0.3, 0.4) is 0 Å². The summed E-state index contributed by atoms with van der Waals surface area (Å²) in [5, 5.41) is 2.82. The molecular weight excluding hydrogens is 220 g/mol. The van der Waals surface area contributed by atoms with Crippen LogP contribution in [-0.4, -0.2) is 50.1 Å². The number of rotatable bonds is 8. The van der Waals surface area contributed by atoms with Crippen molar-refractivity contribution in [3.05, 3.63) is 0 Å². The lowest BCUT2D eigenvalue weighted by Crippen LogP contribution is -2.38. The summed E-state index contributed by atoms with van der Waals surface area (Å²) >= 11 is 0. The minimum Gasteiger partial charge on any atom is -0.465 e. The fourth-order valence-corrected chi connectivity index (χ4v) is 1.28. The van der Waals surface area contributed by atoms with Gasteiger partial charge in [-0.25, -0.2) is 0 Å². The third-order valence-electron chi connectivity index (χ3n) is 2.16. The number of hydrogen-bond acceptors (Lipinski definition) is 4. The number of likely N-dealkylation sites (N-methyl/N-ethyl adjacent to an activating group) is 1. The number of carbonyl (C=O) groups excluding carboxylic acids is 2. The fourth-order valence-electron chi connectivity index (χ4n) is 1.28. The van der Waals surface area contributed by atoms with Gasteiger partial charge in [-0.2, -0.15) is 0 Å². The molecule has 0 saturated heterocycles. The Morgan fingerprint density at radius 1 is 1.29 bits per heavy atom. The molecule has 1 amide bonds. The van der Waals surface area contributed by atoms with Gasteiger partial charge in [-0.15, -0.1) is 0 Å². The molecule has 0 atom stereocenters. The van der Waals surface area contributed by atoms with Crippen molar-refractivity contribution in [1.82, 2.24) is 10.2 Å². The molecule has 0 aliphatic heterocycles. The summed E-state index contributed by atoms with van der Waals surface area (Å²) in [4.78, 5) is 24.3. The predicted octanol–water partition coefficient (Wildman–Crippen LogP) is 0.644. The SMILES string of the molecule is CCOC(=O)CN(C)CC(=O)NCCC(C)C. The van der Waals surface area contributed by atoms with Gasteiger partial charge in [-0.1, -0.05) is 13.8 Å². The molecule has 1 N–H and O–H groups in total. The smallest absolute Gasteiger partial charge is 0.320 e. The Labute approximate surface area is 103 Å². The minimum absolute atomic E-state index is 0.0579. The molecule has 100 valence electrons. The van der Waals surface area contributed by atoms with Crippen LogP contribution >= 0.6 is 0 Å². The van der Waals surface area contributed by atoms with Crippen molar-refractivity contribution in [3.63, 3.8) is 0 Å². The second-order valence-corrected chi connectivity index (χ2v) is 4.51. The average Bonchev–Trinajstić information content (AvgIpc) is 2.16. The molecule has 17 heavy (non-hydrogen) atoms. The first-order valence-corrected chi connectivity index (χ1v) is 6.06. The van der Waals surface area contributed by atoms with Crippen molar-refractivity contribution in [2.45, 2.75) is 27.2 Å². The summed E-state index contributed by atoms with van der Waals surface area (Å²) in [5.41, 5.74) is 0. The molecule has 0 fully saturated rings. The zero-order chi connectivity index (χ0) is 13.3. The lowest BCUT2D eigenvalue weighted by atomic mass is 10.1. The number of carbonyl (C=O) groups is 2. The van der Waals surface area contributed by atoms with Gasteiger partial charge in [-0.05, 0) is 26.3 Å². The molecule has 0 aliphatic carbocycles. The van der Waals surface area contributed by atoms with E-state index in [0.717, 1.165) is 6.42 Å². The maximum atomic E-state index is 11.5. The first-order valence-electron chi connectivity index (χ1n) is 6.06. The van der Waals surface area contributed by atoms with E-state index in [2.05, 4.69) is 19.2 Å². The third-order valence-corrected chi connectivity index (χ3v) is 2.16. The number of hydrogen-bond donors (Lipinski definition) is 1. The fraction of sp³-hybridized carbons (Fsp3) is 0.833. The van der Waals surface area contributed by atoms with Crippen LogP contribution in [0.25, 0.3) is 0 Å². The highest BCUT2D eigenvalue weighted by atomic mass is 16.5. The monoisotopic (exact) mass is 244 g/mol. The molecule has 5 heteroatoms. The van der Waals surface area contributed by atoms with Gasteiger partial charge in [0.15, 0.2) is 0 Å². The Balaban J connectivity index is 3.69. The van der Waals surface area contributed by atoms with Gasteiger partial charge in [0.25, 0.3) is 0 Å². The van der Waals surface area contributed by atoms with E-state index in [-0.39, 0.29) is 25.0 Å². The summed E-state index contributed by atoms with van der Waals surface area (Å²) in [6, 6.07) is 0. The largest absolute Gasteiger partial charge is 0.465 e. The second kappa shape index (κ2) is 8.98. The highest BCUT2D eigenvalue weighted by molar-refractivity contribution is 5.79. The molecule has 0 unspecified atom stereocenters. The molecule has 5 nitrogen and oxygen atoms in total. The summed E-state index contributed by atoms with van der Waals surface area (Å²) in [6.07, 6.45) is 0.966. The van der Waals surface area contributed by atoms with Crippen LogP contribution in [0.4, 0.5) is 0 Å². The molecule has 0 rings (SSSR count). The highest BCUT2D eigenvalue weighted by Crippen LogP contribution is 1.96. The van der Waals surface area contributed by atoms with Crippen molar-refractivity contribution in [1.29, 1.82) is 0 Å². The molecule has 0 aromatic heterocycles. The Morgan fingerprint density at radius 3 is 2.47 bits per heavy atom. The normalized spacial score (nSPS) is 10.7. The Kier molecular flexibility index (Phi) is 8.40. The number of ether oxygens (including phenoxy) is 1. The topological polar surface area (TPSA) is 58.6 Å². The van der Waals surface area contributed by atoms with Crippen LogP contribution in [-0.2, 0) is 14.3 Å². The zero-order valence-corrected chi connectivity index (χ0v) is 11.3. The first-order chi connectivity index (χ1) is 7.95. The van der Waals surface area contributed by atoms with Crippen molar-refractivity contribution >= 4 is 11.9 Å². The molecule has 0 heterocycles. The van der Waals surface area contributed by atoms with Gasteiger partial charge in [0.05, 0.1) is 19.7 Å². The number of nitrogens with one attached hydrogen (secondary N) is 1. The van der Waals surface area contributed by atoms with Gasteiger partial charge in [0, 0.05) is 6.54 Å². The van der Waals surface area contributed by atoms with Gasteiger partial charge in [0.1, 0.15) is 0 Å². The molecule has 0 spiro atoms. The van der Waals surface area contributed by atoms with Gasteiger partial charge < -0.3 is 10.1 Å². The average molecular weight is 244 g/mol. The molecule has 0 radical (unpaired) electrons. The van der Waals surface area contributed by atoms with E-state index in [0.29, 0.717) is 19.1 Å². The number of amides is 1. The molecule has 0 aromatic rings. The summed E-state index contributed by atoms with van der Waals surface area (Å²) in [5.74, 6) is 0.218. The standard InChI is InChI=1S/C12H24N2O3/c1-5-17-12(16)9-14(4)8-11(15)13-7-6-10(2)3/h10H,5-9H2,1-4H3,(H,13,15). The molecule has 0 aromatic carbocycles. The van der Waals surface area contributed by atoms with Crippen molar-refractivity contribution < 1.29 is 14.3 Å². The molecular formula is C12H24N2O3. The number of esters is 1. The van der Waals surface area contributed by atoms with Crippen molar-refractivity contribution in [2.24, 2.45) is 5.92 Å². The Bertz CT molecular complexity index is 242. The van der Waals surface area contributed by atoms with Crippen molar-refractivity contribution in [2.75, 3.05) is 33.3 Å². The number of nitrogens with zero attached hydrogens (tertiary/aromatic N) is 1. The van der Waals surface area contributed by atoms with Crippen LogP contribution in [0.5, 0.6) is 0 Å². The van der Waals surface area contributed by atoms with E-state index in [4.69, 9.17) is 4.74 Å². The van der Waals surface area contributed by atoms with Gasteiger partial charge >= 0.3 is 5.97 Å². The lowest BCUT2D eigenvalue weighted by Gasteiger charge is -2.15. The van der Waals surface area contributed by atoms with Crippen molar-refractivity contribution in [3.8, 4) is 0 Å². The predicted molar refractivity (Wildman–Crippen MR) is 66.6 cm³/mol. The first kappa shape index (κ1) is 15.9. The van der Waals surface area contributed by atoms with E-state index in [1.165, 1.54) is 0 Å². The summed E-state index contributed by atoms with van der Waals surface area (Å²) < 4.78 is 4.79. The van der Waals surface area contributed by atoms with Crippen LogP contribution < -0.4 is 5.32 Å². The maximum Gasteiger partial charge on any atom is 0.320 e. The highest BCUT2D eigenvalue weighted by Gasteiger charge is 2.10. The Morgan fingerprint density at radius 2 is 1.94 bits per heavy atom. The van der Waals surface area contributed by atoms with E-state index in [1.807, 2.05) is 0 Å². The third kappa shape index (κ3) is 9.81. The van der Waals surface area contributed by atoms with E-state index >= 15 is 0 Å². The Hall–Kier alpha value is -1.10. The lowest BCUT2D eigenvalue weighted by molar-refractivity contribution is -0.144. The van der Waals surface area contributed by atoms with Gasteiger partial charge in [0.2, 0.25) is 5.91 Å². The second-order valence-electron chi connectivity index (χ2n) is 4.51. The quantitative estimate of drug-likeness (QED) is 0.637. The van der Waals surface area contributed by atoms with Crippen LogP contribution in [0.15, 0.2) is 0 Å². The molecule has 0 aliphatic rings. The summed E-state index contributed by atoms with van der Waals surface area (Å²) in [7, 11) is 1.72. The van der Waals surface area contributed by atoms with E-state index in [9.17, 15) is 9.59 Å². The summed E-state index contributed by atoms with van der Waals surface area (Å²) in [6.45, 7) is 7.40. The zero-order valence-electron chi connectivity index (χ0n) is 11.3. The van der Waals surface area contributed by atoms with Gasteiger partial charge in [-0.3, -0.25) is 14.5 Å². The van der Waals surface area contributed by atoms with Crippen LogP contribution in [0.1, 0.15) is 27.2 Å². The van der Waals surface area contributed by atoms with E-state index in [1.54, 1.807) is 18.9 Å². The molecule has 0 saturated carbocycles. The maximum absolute atomic E-state index is 11.5. The molecule has 0 bridgehead atoms. The van der Waals surface area contributed by atoms with Crippen LogP contribution in [0.2, 0.25) is 0 Å².